The molecule has 4 heteroatoms. The van der Waals surface area contributed by atoms with Crippen LogP contribution in [0.5, 0.6) is 0 Å². The van der Waals surface area contributed by atoms with E-state index in [9.17, 15) is 4.79 Å². The van der Waals surface area contributed by atoms with Crippen molar-refractivity contribution in [1.82, 2.24) is 0 Å². The van der Waals surface area contributed by atoms with Gasteiger partial charge in [-0.2, -0.15) is 12.8 Å². The number of rotatable bonds is 6. The Morgan fingerprint density at radius 1 is 1.67 bits per heavy atom. The Balaban J connectivity index is 0.00000289. The zero-order chi connectivity index (χ0) is 13.1. The van der Waals surface area contributed by atoms with Gasteiger partial charge < -0.3 is 23.8 Å². The van der Waals surface area contributed by atoms with Gasteiger partial charge in [0, 0.05) is 5.54 Å². The van der Waals surface area contributed by atoms with E-state index in [1.54, 1.807) is 0 Å². The summed E-state index contributed by atoms with van der Waals surface area (Å²) in [5.41, 5.74) is 6.12. The van der Waals surface area contributed by atoms with Crippen LogP contribution in [0.25, 0.3) is 0 Å². The van der Waals surface area contributed by atoms with Gasteiger partial charge in [0.2, 0.25) is 0 Å². The molecule has 0 spiro atoms. The fourth-order valence-electron chi connectivity index (χ4n) is 3.15. The molecule has 1 aliphatic rings. The maximum atomic E-state index is 9.30. The summed E-state index contributed by atoms with van der Waals surface area (Å²) >= 11 is 0. The maximum absolute atomic E-state index is 9.30. The van der Waals surface area contributed by atoms with Crippen molar-refractivity contribution in [3.8, 4) is 0 Å². The third-order valence-corrected chi connectivity index (χ3v) is 3.82. The summed E-state index contributed by atoms with van der Waals surface area (Å²) in [6.07, 6.45) is 5.31. The molecule has 1 heterocycles. The molecule has 1 fully saturated rings. The molecule has 1 rings (SSSR count). The number of hydrogen-bond acceptors (Lipinski definition) is 2. The Kier molecular flexibility index (Phi) is 8.33. The molecule has 0 aromatic rings. The Morgan fingerprint density at radius 2 is 2.28 bits per heavy atom. The van der Waals surface area contributed by atoms with Gasteiger partial charge in [0.25, 0.3) is 6.29 Å². The molecule has 0 bridgehead atoms. The van der Waals surface area contributed by atoms with E-state index in [2.05, 4.69) is 13.3 Å². The minimum atomic E-state index is -0.368. The Morgan fingerprint density at radius 3 is 2.67 bits per heavy atom. The van der Waals surface area contributed by atoms with E-state index in [0.717, 1.165) is 12.8 Å². The SMILES string of the molecule is [CH2-]C(C[CH-]C)C([C@H](C)C=[OH+])[C@]1(N)CO[C@H](C)C1.[U+2]. The zero-order valence-corrected chi connectivity index (χ0v) is 15.9. The van der Waals surface area contributed by atoms with Crippen LogP contribution in [0.1, 0.15) is 33.6 Å². The standard InChI is InChI=1S/C14H25NO2.U/c1-5-6-10(2)13(11(3)8-16)14(15)7-12(4)17-9-14;/h5,8,10-13H,2,6-7,9,15H2,1,3-4H3;/q-2;+2/p+1/t10?,11-,12-,13?,14-;/m1./s1. The monoisotopic (exact) mass is 478 g/mol. The van der Waals surface area contributed by atoms with Crippen molar-refractivity contribution in [2.24, 2.45) is 23.5 Å². The number of hydrogen-bond donors (Lipinski definition) is 1. The average molecular weight is 478 g/mol. The summed E-state index contributed by atoms with van der Waals surface area (Å²) in [5, 5.41) is 0. The first-order valence-corrected chi connectivity index (χ1v) is 6.43. The van der Waals surface area contributed by atoms with Crippen molar-refractivity contribution in [3.05, 3.63) is 13.3 Å². The molecule has 18 heavy (non-hydrogen) atoms. The van der Waals surface area contributed by atoms with Crippen molar-refractivity contribution < 1.29 is 40.6 Å². The van der Waals surface area contributed by atoms with Gasteiger partial charge >= 0.3 is 31.1 Å². The fraction of sp³-hybridized carbons (Fsp3) is 0.786. The van der Waals surface area contributed by atoms with Crippen LogP contribution in [0.15, 0.2) is 0 Å². The van der Waals surface area contributed by atoms with Crippen LogP contribution in [0, 0.1) is 62.2 Å². The van der Waals surface area contributed by atoms with Gasteiger partial charge in [-0.05, 0) is 19.3 Å². The van der Waals surface area contributed by atoms with Gasteiger partial charge in [0.15, 0.2) is 0 Å². The second-order valence-electron chi connectivity index (χ2n) is 5.50. The molecule has 0 aromatic carbocycles. The van der Waals surface area contributed by atoms with Crippen LogP contribution >= 0.6 is 0 Å². The summed E-state index contributed by atoms with van der Waals surface area (Å²) in [6, 6.07) is 0. The molecule has 0 aromatic heterocycles. The number of ether oxygens (including phenoxy) is 1. The minimum absolute atomic E-state index is 0. The normalized spacial score (nSPS) is 32.4. The first-order chi connectivity index (χ1) is 7.94. The van der Waals surface area contributed by atoms with Crippen LogP contribution in [-0.4, -0.2) is 29.3 Å². The molecule has 3 nitrogen and oxygen atoms in total. The topological polar surface area (TPSA) is 56.7 Å². The fourth-order valence-corrected chi connectivity index (χ4v) is 3.15. The summed E-state index contributed by atoms with van der Waals surface area (Å²) < 4.78 is 5.61. The molecule has 1 saturated heterocycles. The third kappa shape index (κ3) is 4.34. The minimum Gasteiger partial charge on any atom is -0.377 e. The largest absolute Gasteiger partial charge is 2.00 e. The van der Waals surface area contributed by atoms with Crippen LogP contribution in [0.3, 0.4) is 0 Å². The summed E-state index contributed by atoms with van der Waals surface area (Å²) in [7, 11) is 0. The Bertz CT molecular complexity index is 262. The smallest absolute Gasteiger partial charge is 0.377 e. The van der Waals surface area contributed by atoms with E-state index in [4.69, 9.17) is 10.5 Å². The molecule has 0 radical (unpaired) electrons. The molecule has 0 saturated carbocycles. The molecule has 102 valence electrons. The van der Waals surface area contributed by atoms with E-state index in [1.807, 2.05) is 20.8 Å². The van der Waals surface area contributed by atoms with E-state index in [1.165, 1.54) is 6.29 Å². The predicted octanol–water partition coefficient (Wildman–Crippen LogP) is 1.98. The van der Waals surface area contributed by atoms with Crippen molar-refractivity contribution in [1.29, 1.82) is 0 Å². The zero-order valence-electron chi connectivity index (χ0n) is 11.7. The van der Waals surface area contributed by atoms with Gasteiger partial charge in [-0.15, -0.1) is 0 Å². The van der Waals surface area contributed by atoms with Gasteiger partial charge in [0.1, 0.15) is 0 Å². The molecule has 0 amide bonds. The average Bonchev–Trinajstić information content (AvgIpc) is 2.59. The second kappa shape index (κ2) is 8.05. The van der Waals surface area contributed by atoms with Crippen molar-refractivity contribution in [3.63, 3.8) is 0 Å². The van der Waals surface area contributed by atoms with Gasteiger partial charge in [-0.1, -0.05) is 6.92 Å². The van der Waals surface area contributed by atoms with Crippen LogP contribution in [0.2, 0.25) is 0 Å². The predicted molar refractivity (Wildman–Crippen MR) is 71.0 cm³/mol. The molecular formula is C14H26NO2U+. The summed E-state index contributed by atoms with van der Waals surface area (Å²) in [5.74, 6) is 0.391. The number of nitrogens with two attached hydrogens (primary N) is 1. The van der Waals surface area contributed by atoms with Crippen LogP contribution in [-0.2, 0) is 4.74 Å². The van der Waals surface area contributed by atoms with Crippen molar-refractivity contribution >= 4 is 6.29 Å². The van der Waals surface area contributed by atoms with Crippen molar-refractivity contribution in [2.45, 2.75) is 45.3 Å². The number of carbonyl (C=O) groups excluding carboxylic acids is 1. The van der Waals surface area contributed by atoms with Gasteiger partial charge in [0.05, 0.1) is 18.6 Å². The van der Waals surface area contributed by atoms with Gasteiger partial charge in [-0.3, -0.25) is 4.79 Å². The van der Waals surface area contributed by atoms with Crippen molar-refractivity contribution in [2.75, 3.05) is 6.61 Å². The maximum Gasteiger partial charge on any atom is 2.00 e. The molecule has 2 unspecified atom stereocenters. The number of aldehydes is 1. The van der Waals surface area contributed by atoms with Crippen LogP contribution < -0.4 is 5.73 Å². The summed E-state index contributed by atoms with van der Waals surface area (Å²) in [6.45, 7) is 10.8. The first-order valence-electron chi connectivity index (χ1n) is 6.43. The Labute approximate surface area is 135 Å². The quantitative estimate of drug-likeness (QED) is 0.361. The van der Waals surface area contributed by atoms with E-state index < -0.39 is 0 Å². The molecular weight excluding hydrogens is 452 g/mol. The van der Waals surface area contributed by atoms with E-state index in [-0.39, 0.29) is 60.5 Å². The second-order valence-corrected chi connectivity index (χ2v) is 5.50. The van der Waals surface area contributed by atoms with E-state index >= 15 is 0 Å². The molecule has 5 atom stereocenters. The van der Waals surface area contributed by atoms with Gasteiger partial charge in [-0.25, -0.2) is 6.42 Å². The third-order valence-electron chi connectivity index (χ3n) is 3.82. The Hall–Kier alpha value is 0.642. The van der Waals surface area contributed by atoms with E-state index in [0.29, 0.717) is 6.61 Å². The molecule has 0 aliphatic carbocycles. The summed E-state index contributed by atoms with van der Waals surface area (Å²) in [4.78, 5) is 9.30. The first kappa shape index (κ1) is 18.6. The molecule has 3 N–H and O–H groups in total. The van der Waals surface area contributed by atoms with Crippen LogP contribution in [0.4, 0.5) is 0 Å². The molecule has 1 aliphatic heterocycles.